The Labute approximate surface area is 197 Å². The number of rotatable bonds is 6. The highest BCUT2D eigenvalue weighted by molar-refractivity contribution is 8.93. The number of nitriles is 1. The van der Waals surface area contributed by atoms with Crippen molar-refractivity contribution in [2.45, 2.75) is 25.0 Å². The molecule has 2 aromatic carbocycles. The van der Waals surface area contributed by atoms with Crippen molar-refractivity contribution in [1.29, 1.82) is 5.26 Å². The maximum absolute atomic E-state index is 14.5. The number of benzene rings is 2. The number of thiazole rings is 1. The van der Waals surface area contributed by atoms with Crippen LogP contribution in [-0.2, 0) is 0 Å². The Morgan fingerprint density at radius 2 is 1.91 bits per heavy atom. The summed E-state index contributed by atoms with van der Waals surface area (Å²) in [5, 5.41) is 26.6. The SMILES string of the molecule is Br.C[C@@H](c1nc(-c2ccc(C#N)cc2)cs1)[C@@H](O)C(c1cc(F)ccc1F)n1cncn1. The Morgan fingerprint density at radius 1 is 1.16 bits per heavy atom. The second-order valence-corrected chi connectivity index (χ2v) is 7.92. The van der Waals surface area contributed by atoms with Crippen LogP contribution < -0.4 is 0 Å². The number of halogens is 3. The van der Waals surface area contributed by atoms with E-state index in [-0.39, 0.29) is 22.5 Å². The highest BCUT2D eigenvalue weighted by atomic mass is 79.9. The van der Waals surface area contributed by atoms with E-state index in [2.05, 4.69) is 21.1 Å². The number of nitrogens with zero attached hydrogens (tertiary/aromatic N) is 5. The molecular formula is C22H18BrF2N5OS. The molecule has 3 atom stereocenters. The third-order valence-corrected chi connectivity index (χ3v) is 6.10. The second kappa shape index (κ2) is 10.1. The summed E-state index contributed by atoms with van der Waals surface area (Å²) in [6.45, 7) is 1.77. The van der Waals surface area contributed by atoms with E-state index in [9.17, 15) is 13.9 Å². The monoisotopic (exact) mass is 517 g/mol. The van der Waals surface area contributed by atoms with Gasteiger partial charge < -0.3 is 5.11 Å². The smallest absolute Gasteiger partial charge is 0.137 e. The molecule has 2 aromatic heterocycles. The first-order valence-electron chi connectivity index (χ1n) is 9.41. The average Bonchev–Trinajstić information content (AvgIpc) is 3.48. The van der Waals surface area contributed by atoms with Crippen molar-refractivity contribution in [2.75, 3.05) is 0 Å². The molecule has 0 aliphatic rings. The molecule has 0 aliphatic heterocycles. The molecule has 0 aliphatic carbocycles. The lowest BCUT2D eigenvalue weighted by atomic mass is 9.92. The minimum absolute atomic E-state index is 0. The molecule has 10 heteroatoms. The molecule has 1 unspecified atom stereocenters. The van der Waals surface area contributed by atoms with Gasteiger partial charge in [0.2, 0.25) is 0 Å². The normalized spacial score (nSPS) is 13.6. The molecule has 0 amide bonds. The lowest BCUT2D eigenvalue weighted by Crippen LogP contribution is -2.31. The van der Waals surface area contributed by atoms with Crippen LogP contribution in [-0.4, -0.2) is 31.0 Å². The second-order valence-electron chi connectivity index (χ2n) is 7.03. The van der Waals surface area contributed by atoms with Crippen molar-refractivity contribution in [2.24, 2.45) is 0 Å². The zero-order valence-electron chi connectivity index (χ0n) is 16.8. The fourth-order valence-electron chi connectivity index (χ4n) is 3.35. The summed E-state index contributed by atoms with van der Waals surface area (Å²) in [4.78, 5) is 8.50. The predicted molar refractivity (Wildman–Crippen MR) is 122 cm³/mol. The Bertz CT molecular complexity index is 1220. The molecule has 0 bridgehead atoms. The van der Waals surface area contributed by atoms with Gasteiger partial charge in [0.15, 0.2) is 0 Å². The predicted octanol–water partition coefficient (Wildman–Crippen LogP) is 4.88. The summed E-state index contributed by atoms with van der Waals surface area (Å²) in [7, 11) is 0. The van der Waals surface area contributed by atoms with Gasteiger partial charge in [-0.1, -0.05) is 19.1 Å². The first-order chi connectivity index (χ1) is 15.0. The highest BCUT2D eigenvalue weighted by Gasteiger charge is 2.33. The van der Waals surface area contributed by atoms with Crippen molar-refractivity contribution in [3.05, 3.63) is 88.3 Å². The molecule has 0 saturated carbocycles. The van der Waals surface area contributed by atoms with Crippen molar-refractivity contribution >= 4 is 28.3 Å². The molecule has 32 heavy (non-hydrogen) atoms. The summed E-state index contributed by atoms with van der Waals surface area (Å²) < 4.78 is 29.7. The number of aliphatic hydroxyl groups excluding tert-OH is 1. The first kappa shape index (κ1) is 23.7. The van der Waals surface area contributed by atoms with Crippen LogP contribution in [0.25, 0.3) is 11.3 Å². The zero-order valence-corrected chi connectivity index (χ0v) is 19.3. The molecule has 2 heterocycles. The van der Waals surface area contributed by atoms with Crippen LogP contribution in [0.4, 0.5) is 8.78 Å². The summed E-state index contributed by atoms with van der Waals surface area (Å²) in [6, 6.07) is 11.2. The fraction of sp³-hybridized carbons (Fsp3) is 0.182. The van der Waals surface area contributed by atoms with E-state index in [1.54, 1.807) is 31.2 Å². The van der Waals surface area contributed by atoms with Gasteiger partial charge in [-0.3, -0.25) is 0 Å². The van der Waals surface area contributed by atoms with Gasteiger partial charge in [-0.25, -0.2) is 23.4 Å². The van der Waals surface area contributed by atoms with Crippen LogP contribution in [0.3, 0.4) is 0 Å². The highest BCUT2D eigenvalue weighted by Crippen LogP contribution is 2.35. The summed E-state index contributed by atoms with van der Waals surface area (Å²) >= 11 is 1.36. The van der Waals surface area contributed by atoms with Crippen molar-refractivity contribution in [3.63, 3.8) is 0 Å². The number of hydrogen-bond donors (Lipinski definition) is 1. The van der Waals surface area contributed by atoms with Crippen LogP contribution in [0.5, 0.6) is 0 Å². The summed E-state index contributed by atoms with van der Waals surface area (Å²) in [5.74, 6) is -1.77. The van der Waals surface area contributed by atoms with Gasteiger partial charge in [-0.2, -0.15) is 10.4 Å². The topological polar surface area (TPSA) is 87.6 Å². The van der Waals surface area contributed by atoms with Crippen molar-refractivity contribution in [1.82, 2.24) is 19.7 Å². The van der Waals surface area contributed by atoms with Crippen LogP contribution >= 0.6 is 28.3 Å². The van der Waals surface area contributed by atoms with Crippen LogP contribution in [0.15, 0.2) is 60.5 Å². The van der Waals surface area contributed by atoms with Gasteiger partial charge in [-0.05, 0) is 30.3 Å². The molecule has 164 valence electrons. The number of hydrogen-bond acceptors (Lipinski definition) is 6. The van der Waals surface area contributed by atoms with Gasteiger partial charge in [0.05, 0.1) is 28.4 Å². The molecule has 4 rings (SSSR count). The maximum atomic E-state index is 14.5. The third kappa shape index (κ3) is 4.75. The maximum Gasteiger partial charge on any atom is 0.137 e. The third-order valence-electron chi connectivity index (χ3n) is 5.06. The molecule has 0 saturated heterocycles. The van der Waals surface area contributed by atoms with Crippen LogP contribution in [0.1, 0.15) is 35.0 Å². The van der Waals surface area contributed by atoms with E-state index in [1.165, 1.54) is 28.7 Å². The number of aromatic nitrogens is 4. The minimum Gasteiger partial charge on any atom is -0.390 e. The molecule has 0 spiro atoms. The van der Waals surface area contributed by atoms with Gasteiger partial charge in [-0.15, -0.1) is 28.3 Å². The molecule has 0 fully saturated rings. The van der Waals surface area contributed by atoms with E-state index in [0.717, 1.165) is 23.8 Å². The Hall–Kier alpha value is -3.00. The fourth-order valence-corrected chi connectivity index (χ4v) is 4.28. The minimum atomic E-state index is -1.15. The molecule has 0 radical (unpaired) electrons. The Balaban J connectivity index is 0.00000289. The Morgan fingerprint density at radius 3 is 2.56 bits per heavy atom. The Kier molecular flexibility index (Phi) is 7.45. The molecular weight excluding hydrogens is 500 g/mol. The van der Waals surface area contributed by atoms with E-state index >= 15 is 0 Å². The molecule has 6 nitrogen and oxygen atoms in total. The standard InChI is InChI=1S/C22H17F2N5OS.BrH/c1-13(22-28-19(10-31-22)15-4-2-14(9-25)3-5-15)21(30)20(29-12-26-11-27-29)17-8-16(23)6-7-18(17)24;/h2-8,10-13,20-21,30H,1H3;1H/t13-,20?,21-;/m1./s1. The van der Waals surface area contributed by atoms with Gasteiger partial charge >= 0.3 is 0 Å². The first-order valence-corrected chi connectivity index (χ1v) is 10.3. The molecule has 4 aromatic rings. The molecule has 1 N–H and O–H groups in total. The van der Waals surface area contributed by atoms with E-state index in [0.29, 0.717) is 16.3 Å². The van der Waals surface area contributed by atoms with Crippen LogP contribution in [0, 0.1) is 23.0 Å². The number of aliphatic hydroxyl groups is 1. The van der Waals surface area contributed by atoms with Crippen molar-refractivity contribution in [3.8, 4) is 17.3 Å². The zero-order chi connectivity index (χ0) is 22.0. The largest absolute Gasteiger partial charge is 0.390 e. The average molecular weight is 518 g/mol. The lowest BCUT2D eigenvalue weighted by Gasteiger charge is -2.27. The summed E-state index contributed by atoms with van der Waals surface area (Å²) in [6.07, 6.45) is 1.47. The quantitative estimate of drug-likeness (QED) is 0.393. The van der Waals surface area contributed by atoms with E-state index in [4.69, 9.17) is 5.26 Å². The lowest BCUT2D eigenvalue weighted by molar-refractivity contribution is 0.0995. The van der Waals surface area contributed by atoms with Gasteiger partial charge in [0, 0.05) is 22.4 Å². The van der Waals surface area contributed by atoms with Gasteiger partial charge in [0.1, 0.15) is 30.3 Å². The van der Waals surface area contributed by atoms with Gasteiger partial charge in [0.25, 0.3) is 0 Å². The summed E-state index contributed by atoms with van der Waals surface area (Å²) in [5.41, 5.74) is 2.08. The van der Waals surface area contributed by atoms with E-state index < -0.39 is 29.7 Å². The van der Waals surface area contributed by atoms with Crippen LogP contribution in [0.2, 0.25) is 0 Å². The van der Waals surface area contributed by atoms with Crippen molar-refractivity contribution < 1.29 is 13.9 Å². The van der Waals surface area contributed by atoms with E-state index in [1.807, 2.05) is 5.38 Å².